The predicted octanol–water partition coefficient (Wildman–Crippen LogP) is 2.85. The minimum atomic E-state index is -3.64. The molecule has 0 saturated heterocycles. The van der Waals surface area contributed by atoms with E-state index in [2.05, 4.69) is 26.2 Å². The number of nitrogens with two attached hydrogens (primary N) is 1. The number of hydrogen-bond donors (Lipinski definition) is 2. The summed E-state index contributed by atoms with van der Waals surface area (Å²) in [5, 5.41) is 12.3. The summed E-state index contributed by atoms with van der Waals surface area (Å²) < 4.78 is 25.3. The van der Waals surface area contributed by atoms with Crippen molar-refractivity contribution in [1.29, 1.82) is 5.26 Å². The molecule has 9 heteroatoms. The van der Waals surface area contributed by atoms with E-state index in [4.69, 9.17) is 11.0 Å². The molecular formula is C19H17BrN4O3S. The average molecular weight is 461 g/mol. The van der Waals surface area contributed by atoms with Crippen LogP contribution in [0.3, 0.4) is 0 Å². The third-order valence-corrected chi connectivity index (χ3v) is 6.00. The fourth-order valence-corrected chi connectivity index (χ4v) is 4.49. The molecule has 0 bridgehead atoms. The number of hydrogen-bond acceptors (Lipinski definition) is 7. The summed E-state index contributed by atoms with van der Waals surface area (Å²) in [5.41, 5.74) is 8.53. The molecule has 1 aliphatic carbocycles. The summed E-state index contributed by atoms with van der Waals surface area (Å²) in [5.74, 6) is -0.137. The Morgan fingerprint density at radius 3 is 2.68 bits per heavy atom. The summed E-state index contributed by atoms with van der Waals surface area (Å²) in [7, 11) is -3.64. The Morgan fingerprint density at radius 2 is 2.04 bits per heavy atom. The largest absolute Gasteiger partial charge is 0.357 e. The fraction of sp³-hybridized carbons (Fsp3) is 0.211. The number of halogens is 1. The van der Waals surface area contributed by atoms with Crippen molar-refractivity contribution >= 4 is 37.2 Å². The molecule has 0 saturated carbocycles. The van der Waals surface area contributed by atoms with Gasteiger partial charge in [-0.05, 0) is 46.1 Å². The van der Waals surface area contributed by atoms with Crippen molar-refractivity contribution in [3.05, 3.63) is 63.5 Å². The number of rotatable bonds is 5. The summed E-state index contributed by atoms with van der Waals surface area (Å²) in [6.07, 6.45) is 5.07. The van der Waals surface area contributed by atoms with Gasteiger partial charge in [-0.1, -0.05) is 6.07 Å². The number of nitrogens with one attached hydrogen (secondary N) is 1. The number of sulfone groups is 1. The van der Waals surface area contributed by atoms with Gasteiger partial charge in [0.25, 0.3) is 0 Å². The summed E-state index contributed by atoms with van der Waals surface area (Å²) in [4.78, 5) is 16.6. The Kier molecular flexibility index (Phi) is 5.65. The number of nitrogens with zero attached hydrogens (tertiary/aromatic N) is 2. The molecule has 144 valence electrons. The first-order chi connectivity index (χ1) is 13.2. The van der Waals surface area contributed by atoms with Crippen LogP contribution in [0.15, 0.2) is 57.3 Å². The number of anilines is 1. The highest BCUT2D eigenvalue weighted by Crippen LogP contribution is 2.35. The van der Waals surface area contributed by atoms with Crippen LogP contribution in [0.2, 0.25) is 0 Å². The molecule has 2 aromatic rings. The van der Waals surface area contributed by atoms with Crippen molar-refractivity contribution in [3.63, 3.8) is 0 Å². The molecule has 0 spiro atoms. The van der Waals surface area contributed by atoms with Crippen LogP contribution >= 0.6 is 15.9 Å². The monoisotopic (exact) mass is 460 g/mol. The number of carbonyl (C=O) groups is 1. The van der Waals surface area contributed by atoms with Crippen molar-refractivity contribution in [2.24, 2.45) is 5.73 Å². The maximum Gasteiger partial charge on any atom is 0.175 e. The minimum absolute atomic E-state index is 0.0466. The van der Waals surface area contributed by atoms with Gasteiger partial charge < -0.3 is 11.1 Å². The lowest BCUT2D eigenvalue weighted by molar-refractivity contribution is -0.115. The second-order valence-electron chi connectivity index (χ2n) is 6.45. The van der Waals surface area contributed by atoms with Gasteiger partial charge in [0, 0.05) is 34.6 Å². The van der Waals surface area contributed by atoms with Crippen LogP contribution < -0.4 is 11.1 Å². The molecule has 3 rings (SSSR count). The zero-order chi connectivity index (χ0) is 20.5. The standard InChI is InChI=1S/C19H17BrN4O3S/c1-28(26,27)17-6-11(8-21)2-3-14(17)19(22)18-15(4-5-16(18)25)24-13-7-12(20)9-23-10-13/h2-3,6-7,9-10,19,24H,4-5,22H2,1H3. The highest BCUT2D eigenvalue weighted by atomic mass is 79.9. The number of pyridine rings is 1. The lowest BCUT2D eigenvalue weighted by atomic mass is 9.96. The lowest BCUT2D eigenvalue weighted by Gasteiger charge is -2.19. The second kappa shape index (κ2) is 7.83. The molecule has 3 N–H and O–H groups in total. The van der Waals surface area contributed by atoms with E-state index in [1.165, 1.54) is 18.2 Å². The normalized spacial score (nSPS) is 15.4. The van der Waals surface area contributed by atoms with E-state index in [1.807, 2.05) is 12.1 Å². The maximum absolute atomic E-state index is 12.5. The van der Waals surface area contributed by atoms with Gasteiger partial charge in [0.05, 0.1) is 34.5 Å². The van der Waals surface area contributed by atoms with Crippen molar-refractivity contribution in [1.82, 2.24) is 4.98 Å². The smallest absolute Gasteiger partial charge is 0.175 e. The summed E-state index contributed by atoms with van der Waals surface area (Å²) >= 11 is 3.35. The Balaban J connectivity index is 2.08. The molecule has 0 fully saturated rings. The molecule has 1 aliphatic rings. The summed E-state index contributed by atoms with van der Waals surface area (Å²) in [6, 6.07) is 7.08. The van der Waals surface area contributed by atoms with E-state index in [0.29, 0.717) is 28.9 Å². The maximum atomic E-state index is 12.5. The molecule has 28 heavy (non-hydrogen) atoms. The zero-order valence-corrected chi connectivity index (χ0v) is 17.3. The molecule has 0 aliphatic heterocycles. The van der Waals surface area contributed by atoms with Crippen molar-refractivity contribution in [2.45, 2.75) is 23.8 Å². The molecule has 1 atom stereocenters. The van der Waals surface area contributed by atoms with Crippen molar-refractivity contribution in [2.75, 3.05) is 11.6 Å². The van der Waals surface area contributed by atoms with Gasteiger partial charge in [0.1, 0.15) is 0 Å². The molecule has 1 unspecified atom stereocenters. The molecule has 0 radical (unpaired) electrons. The van der Waals surface area contributed by atoms with Gasteiger partial charge in [0.2, 0.25) is 0 Å². The third kappa shape index (κ3) is 4.14. The van der Waals surface area contributed by atoms with Crippen LogP contribution in [-0.2, 0) is 14.6 Å². The number of allylic oxidation sites excluding steroid dienone is 1. The van der Waals surface area contributed by atoms with Crippen LogP contribution in [0.5, 0.6) is 0 Å². The van der Waals surface area contributed by atoms with E-state index in [0.717, 1.165) is 10.7 Å². The highest BCUT2D eigenvalue weighted by Gasteiger charge is 2.31. The van der Waals surface area contributed by atoms with Crippen LogP contribution in [0.25, 0.3) is 0 Å². The van der Waals surface area contributed by atoms with Gasteiger partial charge in [-0.25, -0.2) is 8.42 Å². The number of carbonyl (C=O) groups excluding carboxylic acids is 1. The second-order valence-corrected chi connectivity index (χ2v) is 9.35. The average Bonchev–Trinajstić information content (AvgIpc) is 3.00. The van der Waals surface area contributed by atoms with E-state index < -0.39 is 15.9 Å². The van der Waals surface area contributed by atoms with Crippen LogP contribution in [-0.4, -0.2) is 25.4 Å². The Hall–Kier alpha value is -2.54. The first-order valence-corrected chi connectivity index (χ1v) is 11.0. The van der Waals surface area contributed by atoms with Gasteiger partial charge in [-0.3, -0.25) is 9.78 Å². The Bertz CT molecular complexity index is 1140. The number of benzene rings is 1. The molecule has 0 amide bonds. The highest BCUT2D eigenvalue weighted by molar-refractivity contribution is 9.10. The SMILES string of the molecule is CS(=O)(=O)c1cc(C#N)ccc1C(N)C1=C(Nc2cncc(Br)c2)CCC1=O. The van der Waals surface area contributed by atoms with Gasteiger partial charge in [0.15, 0.2) is 15.6 Å². The van der Waals surface area contributed by atoms with Crippen molar-refractivity contribution < 1.29 is 13.2 Å². The van der Waals surface area contributed by atoms with Gasteiger partial charge in [-0.2, -0.15) is 5.26 Å². The molecule has 1 aromatic heterocycles. The van der Waals surface area contributed by atoms with Crippen LogP contribution in [0, 0.1) is 11.3 Å². The Labute approximate surface area is 171 Å². The minimum Gasteiger partial charge on any atom is -0.357 e. The molecular weight excluding hydrogens is 444 g/mol. The predicted molar refractivity (Wildman–Crippen MR) is 108 cm³/mol. The van der Waals surface area contributed by atoms with Gasteiger partial charge >= 0.3 is 0 Å². The number of aromatic nitrogens is 1. The molecule has 1 aromatic carbocycles. The number of nitriles is 1. The van der Waals surface area contributed by atoms with Crippen LogP contribution in [0.4, 0.5) is 5.69 Å². The number of Topliss-reactive ketones (excluding diaryl/α,β-unsaturated/α-hetero) is 1. The van der Waals surface area contributed by atoms with E-state index in [9.17, 15) is 13.2 Å². The topological polar surface area (TPSA) is 126 Å². The first kappa shape index (κ1) is 20.2. The van der Waals surface area contributed by atoms with Gasteiger partial charge in [-0.15, -0.1) is 0 Å². The third-order valence-electron chi connectivity index (χ3n) is 4.42. The Morgan fingerprint density at radius 1 is 1.29 bits per heavy atom. The van der Waals surface area contributed by atoms with E-state index in [1.54, 1.807) is 12.4 Å². The molecule has 7 nitrogen and oxygen atoms in total. The lowest BCUT2D eigenvalue weighted by Crippen LogP contribution is -2.21. The summed E-state index contributed by atoms with van der Waals surface area (Å²) in [6.45, 7) is 0. The first-order valence-electron chi connectivity index (χ1n) is 8.34. The fourth-order valence-electron chi connectivity index (χ4n) is 3.16. The number of ketones is 1. The van der Waals surface area contributed by atoms with Crippen LogP contribution in [0.1, 0.15) is 30.0 Å². The van der Waals surface area contributed by atoms with Crippen molar-refractivity contribution in [3.8, 4) is 6.07 Å². The zero-order valence-electron chi connectivity index (χ0n) is 14.9. The van der Waals surface area contributed by atoms with E-state index in [-0.39, 0.29) is 22.7 Å². The quantitative estimate of drug-likeness (QED) is 0.701. The van der Waals surface area contributed by atoms with E-state index >= 15 is 0 Å². The molecule has 1 heterocycles.